The molecule has 1 N–H and O–H groups in total. The van der Waals surface area contributed by atoms with Crippen molar-refractivity contribution in [3.05, 3.63) is 30.3 Å². The largest absolute Gasteiger partial charge is 0.326 e. The van der Waals surface area contributed by atoms with Gasteiger partial charge in [-0.15, -0.1) is 11.6 Å². The van der Waals surface area contributed by atoms with Crippen LogP contribution in [0.1, 0.15) is 13.3 Å². The molecular weight excluding hydrogens is 186 g/mol. The number of para-hydroxylation sites is 1. The van der Waals surface area contributed by atoms with Crippen LogP contribution < -0.4 is 5.32 Å². The van der Waals surface area contributed by atoms with Crippen LogP contribution in [0.5, 0.6) is 0 Å². The van der Waals surface area contributed by atoms with E-state index >= 15 is 0 Å². The first-order valence-electron chi connectivity index (χ1n) is 4.17. The maximum absolute atomic E-state index is 11.2. The molecule has 0 aliphatic carbocycles. The molecule has 0 radical (unpaired) electrons. The third kappa shape index (κ3) is 3.95. The van der Waals surface area contributed by atoms with Crippen LogP contribution in [0.3, 0.4) is 0 Å². The Morgan fingerprint density at radius 3 is 2.62 bits per heavy atom. The van der Waals surface area contributed by atoms with Crippen molar-refractivity contribution in [2.24, 2.45) is 0 Å². The first-order valence-corrected chi connectivity index (χ1v) is 4.61. The third-order valence-electron chi connectivity index (χ3n) is 1.52. The summed E-state index contributed by atoms with van der Waals surface area (Å²) in [4.78, 5) is 11.2. The zero-order valence-corrected chi connectivity index (χ0v) is 8.21. The second-order valence-corrected chi connectivity index (χ2v) is 3.64. The van der Waals surface area contributed by atoms with E-state index in [4.69, 9.17) is 11.6 Å². The van der Waals surface area contributed by atoms with Gasteiger partial charge in [0.15, 0.2) is 0 Å². The van der Waals surface area contributed by atoms with Gasteiger partial charge in [-0.2, -0.15) is 0 Å². The van der Waals surface area contributed by atoms with Gasteiger partial charge in [0.05, 0.1) is 0 Å². The van der Waals surface area contributed by atoms with Crippen LogP contribution in [0.25, 0.3) is 0 Å². The maximum Gasteiger partial charge on any atom is 0.225 e. The van der Waals surface area contributed by atoms with Crippen LogP contribution in [0.4, 0.5) is 5.69 Å². The molecule has 0 fully saturated rings. The Balaban J connectivity index is 2.46. The number of hydrogen-bond acceptors (Lipinski definition) is 1. The number of halogens is 1. The second-order valence-electron chi connectivity index (χ2n) is 2.90. The minimum Gasteiger partial charge on any atom is -0.326 e. The van der Waals surface area contributed by atoms with Gasteiger partial charge in [-0.25, -0.2) is 0 Å². The summed E-state index contributed by atoms with van der Waals surface area (Å²) in [6.45, 7) is 1.80. The Kier molecular flexibility index (Phi) is 3.77. The molecule has 1 rings (SSSR count). The first kappa shape index (κ1) is 10.1. The van der Waals surface area contributed by atoms with Gasteiger partial charge in [-0.1, -0.05) is 18.2 Å². The first-order chi connectivity index (χ1) is 6.18. The average molecular weight is 198 g/mol. The molecule has 1 unspecified atom stereocenters. The standard InChI is InChI=1S/C10H12ClNO/c1-8(11)7-10(13)12-9-5-3-2-4-6-9/h2-6,8H,7H2,1H3,(H,12,13). The number of benzene rings is 1. The smallest absolute Gasteiger partial charge is 0.225 e. The summed E-state index contributed by atoms with van der Waals surface area (Å²) in [5, 5.41) is 2.63. The summed E-state index contributed by atoms with van der Waals surface area (Å²) in [6, 6.07) is 9.34. The van der Waals surface area contributed by atoms with Gasteiger partial charge < -0.3 is 5.32 Å². The minimum atomic E-state index is -0.122. The summed E-state index contributed by atoms with van der Waals surface area (Å²) in [5.41, 5.74) is 0.810. The fourth-order valence-corrected chi connectivity index (χ4v) is 1.13. The van der Waals surface area contributed by atoms with E-state index in [1.54, 1.807) is 6.92 Å². The quantitative estimate of drug-likeness (QED) is 0.742. The average Bonchev–Trinajstić information content (AvgIpc) is 2.04. The van der Waals surface area contributed by atoms with Crippen LogP contribution in [-0.4, -0.2) is 11.3 Å². The van der Waals surface area contributed by atoms with E-state index in [0.717, 1.165) is 5.69 Å². The van der Waals surface area contributed by atoms with Crippen molar-refractivity contribution < 1.29 is 4.79 Å². The molecule has 70 valence electrons. The minimum absolute atomic E-state index is 0.0475. The van der Waals surface area contributed by atoms with E-state index in [9.17, 15) is 4.79 Å². The molecule has 1 atom stereocenters. The molecule has 0 bridgehead atoms. The predicted molar refractivity (Wildman–Crippen MR) is 55.0 cm³/mol. The Hall–Kier alpha value is -1.02. The zero-order chi connectivity index (χ0) is 9.68. The number of nitrogens with one attached hydrogen (secondary N) is 1. The summed E-state index contributed by atoms with van der Waals surface area (Å²) >= 11 is 5.68. The van der Waals surface area contributed by atoms with Crippen molar-refractivity contribution in [2.75, 3.05) is 5.32 Å². The van der Waals surface area contributed by atoms with E-state index in [1.165, 1.54) is 0 Å². The van der Waals surface area contributed by atoms with Gasteiger partial charge in [0, 0.05) is 17.5 Å². The fraction of sp³-hybridized carbons (Fsp3) is 0.300. The lowest BCUT2D eigenvalue weighted by Gasteiger charge is -2.05. The zero-order valence-electron chi connectivity index (χ0n) is 7.46. The molecule has 13 heavy (non-hydrogen) atoms. The number of amides is 1. The second kappa shape index (κ2) is 4.87. The number of rotatable bonds is 3. The van der Waals surface area contributed by atoms with Crippen molar-refractivity contribution >= 4 is 23.2 Å². The molecule has 0 aliphatic heterocycles. The Morgan fingerprint density at radius 2 is 2.08 bits per heavy atom. The van der Waals surface area contributed by atoms with Crippen molar-refractivity contribution in [2.45, 2.75) is 18.7 Å². The molecule has 1 amide bonds. The summed E-state index contributed by atoms with van der Waals surface area (Å²) in [6.07, 6.45) is 0.344. The van der Waals surface area contributed by atoms with Crippen LogP contribution in [-0.2, 0) is 4.79 Å². The molecule has 0 heterocycles. The third-order valence-corrected chi connectivity index (χ3v) is 1.68. The van der Waals surface area contributed by atoms with E-state index < -0.39 is 0 Å². The Labute approximate surface area is 82.9 Å². The van der Waals surface area contributed by atoms with Gasteiger partial charge in [-0.05, 0) is 19.1 Å². The van der Waals surface area contributed by atoms with Crippen molar-refractivity contribution in [3.8, 4) is 0 Å². The number of carbonyl (C=O) groups excluding carboxylic acids is 1. The highest BCUT2D eigenvalue weighted by Gasteiger charge is 2.05. The van der Waals surface area contributed by atoms with Crippen LogP contribution in [0.15, 0.2) is 30.3 Å². The molecule has 0 aromatic heterocycles. The molecule has 1 aromatic carbocycles. The highest BCUT2D eigenvalue weighted by Crippen LogP contribution is 2.07. The van der Waals surface area contributed by atoms with E-state index in [1.807, 2.05) is 30.3 Å². The van der Waals surface area contributed by atoms with E-state index in [2.05, 4.69) is 5.32 Å². The number of hydrogen-bond donors (Lipinski definition) is 1. The van der Waals surface area contributed by atoms with Crippen molar-refractivity contribution in [3.63, 3.8) is 0 Å². The topological polar surface area (TPSA) is 29.1 Å². The monoisotopic (exact) mass is 197 g/mol. The maximum atomic E-state index is 11.2. The fourth-order valence-electron chi connectivity index (χ4n) is 0.989. The summed E-state index contributed by atoms with van der Waals surface area (Å²) in [5.74, 6) is -0.0475. The van der Waals surface area contributed by atoms with Crippen LogP contribution >= 0.6 is 11.6 Å². The number of anilines is 1. The highest BCUT2D eigenvalue weighted by atomic mass is 35.5. The summed E-state index contributed by atoms with van der Waals surface area (Å²) < 4.78 is 0. The van der Waals surface area contributed by atoms with Crippen LogP contribution in [0.2, 0.25) is 0 Å². The Morgan fingerprint density at radius 1 is 1.46 bits per heavy atom. The SMILES string of the molecule is CC(Cl)CC(=O)Nc1ccccc1. The lowest BCUT2D eigenvalue weighted by Crippen LogP contribution is -2.14. The molecule has 0 saturated carbocycles. The van der Waals surface area contributed by atoms with Gasteiger partial charge >= 0.3 is 0 Å². The molecule has 1 aromatic rings. The molecule has 0 saturated heterocycles. The van der Waals surface area contributed by atoms with Gasteiger partial charge in [0.1, 0.15) is 0 Å². The molecule has 0 aliphatic rings. The molecular formula is C10H12ClNO. The number of alkyl halides is 1. The lowest BCUT2D eigenvalue weighted by atomic mass is 10.3. The summed E-state index contributed by atoms with van der Waals surface area (Å²) in [7, 11) is 0. The predicted octanol–water partition coefficient (Wildman–Crippen LogP) is 2.64. The van der Waals surface area contributed by atoms with Gasteiger partial charge in [0.25, 0.3) is 0 Å². The molecule has 3 heteroatoms. The highest BCUT2D eigenvalue weighted by molar-refractivity contribution is 6.21. The van der Waals surface area contributed by atoms with Crippen LogP contribution in [0, 0.1) is 0 Å². The molecule has 2 nitrogen and oxygen atoms in total. The normalized spacial score (nSPS) is 12.2. The molecule has 0 spiro atoms. The number of carbonyl (C=O) groups is 1. The van der Waals surface area contributed by atoms with Crippen molar-refractivity contribution in [1.82, 2.24) is 0 Å². The van der Waals surface area contributed by atoms with E-state index in [-0.39, 0.29) is 11.3 Å². The van der Waals surface area contributed by atoms with Gasteiger partial charge in [0.2, 0.25) is 5.91 Å². The Bertz CT molecular complexity index is 272. The van der Waals surface area contributed by atoms with E-state index in [0.29, 0.717) is 6.42 Å². The van der Waals surface area contributed by atoms with Gasteiger partial charge in [-0.3, -0.25) is 4.79 Å². The lowest BCUT2D eigenvalue weighted by molar-refractivity contribution is -0.116. The van der Waals surface area contributed by atoms with Crippen molar-refractivity contribution in [1.29, 1.82) is 0 Å².